The van der Waals surface area contributed by atoms with Crippen LogP contribution in [0.5, 0.6) is 0 Å². The van der Waals surface area contributed by atoms with Gasteiger partial charge in [-0.2, -0.15) is 23.7 Å². The number of nitrogens with two attached hydrogens (primary N) is 1. The van der Waals surface area contributed by atoms with Crippen molar-refractivity contribution in [2.75, 3.05) is 98.0 Å². The van der Waals surface area contributed by atoms with Gasteiger partial charge in [-0.05, 0) is 100 Å². The van der Waals surface area contributed by atoms with E-state index >= 15 is 0 Å². The van der Waals surface area contributed by atoms with Crippen molar-refractivity contribution in [3.05, 3.63) is 174 Å². The number of hydrogen-bond donors (Lipinski definition) is 4. The maximum absolute atomic E-state index is 14.9. The van der Waals surface area contributed by atoms with Crippen molar-refractivity contribution in [1.82, 2.24) is 59.8 Å². The molecule has 7 heterocycles. The molecular formula is C66H90BClFN14O6S2. The minimum Gasteiger partial charge on any atom is -0.369 e. The predicted octanol–water partition coefficient (Wildman–Crippen LogP) is 7.32. The first-order valence-electron chi connectivity index (χ1n) is 30.2. The summed E-state index contributed by atoms with van der Waals surface area (Å²) in [6.07, 6.45) is 10.2. The lowest BCUT2D eigenvalue weighted by Gasteiger charge is -2.39. The molecule has 0 unspecified atom stereocenters. The minimum atomic E-state index is -0.582. The third-order valence-electron chi connectivity index (χ3n) is 14.9. The number of pyridine rings is 1. The number of thiocarbonyl (C=S) groups is 1. The Morgan fingerprint density at radius 1 is 0.780 bits per heavy atom. The lowest BCUT2D eigenvalue weighted by molar-refractivity contribution is -0.134. The summed E-state index contributed by atoms with van der Waals surface area (Å²) in [7, 11) is 2.89. The second kappa shape index (κ2) is 42.5. The van der Waals surface area contributed by atoms with E-state index in [-0.39, 0.29) is 56.3 Å². The zero-order valence-corrected chi connectivity index (χ0v) is 56.8. The molecule has 3 aliphatic heterocycles. The van der Waals surface area contributed by atoms with Gasteiger partial charge in [0.05, 0.1) is 64.6 Å². The minimum absolute atomic E-state index is 0. The van der Waals surface area contributed by atoms with Gasteiger partial charge in [-0.1, -0.05) is 108 Å². The van der Waals surface area contributed by atoms with Gasteiger partial charge < -0.3 is 30.7 Å². The molecule has 3 aromatic carbocycles. The van der Waals surface area contributed by atoms with E-state index in [1.165, 1.54) is 45.0 Å². The molecule has 20 nitrogen and oxygen atoms in total. The van der Waals surface area contributed by atoms with E-state index in [1.54, 1.807) is 66.1 Å². The summed E-state index contributed by atoms with van der Waals surface area (Å²) in [5.41, 5.74) is 12.4. The lowest BCUT2D eigenvalue weighted by atomic mass is 9.96. The molecule has 3 fully saturated rings. The zero-order valence-electron chi connectivity index (χ0n) is 54.2. The third-order valence-corrected chi connectivity index (χ3v) is 15.2. The van der Waals surface area contributed by atoms with Crippen molar-refractivity contribution in [1.29, 1.82) is 0 Å². The van der Waals surface area contributed by atoms with Gasteiger partial charge in [-0.3, -0.25) is 38.1 Å². The third kappa shape index (κ3) is 23.9. The number of piperazine rings is 2. The second-order valence-electron chi connectivity index (χ2n) is 20.3. The van der Waals surface area contributed by atoms with Crippen LogP contribution in [0.4, 0.5) is 10.2 Å². The summed E-state index contributed by atoms with van der Waals surface area (Å²) in [4.78, 5) is 84.9. The molecule has 0 bridgehead atoms. The Labute approximate surface area is 554 Å². The smallest absolute Gasteiger partial charge is 0.272 e. The Balaban J connectivity index is 0.000000512. The molecule has 5 N–H and O–H groups in total. The number of hydrogen-bond acceptors (Lipinski definition) is 15. The number of fused-ring (bicyclic) bond motifs is 1. The molecule has 489 valence electrons. The number of anilines is 1. The number of carbonyl (C=O) groups excluding carboxylic acids is 3. The number of piperidine rings is 1. The van der Waals surface area contributed by atoms with Crippen molar-refractivity contribution in [2.24, 2.45) is 11.7 Å². The molecule has 91 heavy (non-hydrogen) atoms. The van der Waals surface area contributed by atoms with E-state index < -0.39 is 5.82 Å². The molecule has 0 atom stereocenters. The normalized spacial score (nSPS) is 13.9. The lowest BCUT2D eigenvalue weighted by Crippen LogP contribution is -2.55. The number of H-pyrrole nitrogens is 2. The summed E-state index contributed by atoms with van der Waals surface area (Å²) >= 11 is 9.56. The highest BCUT2D eigenvalue weighted by atomic mass is 35.5. The molecule has 0 aliphatic carbocycles. The van der Waals surface area contributed by atoms with Crippen molar-refractivity contribution in [3.63, 3.8) is 0 Å². The van der Waals surface area contributed by atoms with E-state index in [0.717, 1.165) is 80.0 Å². The Hall–Kier alpha value is -7.58. The largest absolute Gasteiger partial charge is 0.369 e. The van der Waals surface area contributed by atoms with Gasteiger partial charge in [0.15, 0.2) is 0 Å². The van der Waals surface area contributed by atoms with Crippen molar-refractivity contribution >= 4 is 98.5 Å². The number of likely N-dealkylation sites (tertiary alicyclic amines) is 1. The van der Waals surface area contributed by atoms with E-state index in [4.69, 9.17) is 12.2 Å². The number of aromatic amines is 2. The molecule has 0 spiro atoms. The average Bonchev–Trinajstić information content (AvgIpc) is 1.16. The first-order valence-corrected chi connectivity index (χ1v) is 30.9. The van der Waals surface area contributed by atoms with Gasteiger partial charge >= 0.3 is 0 Å². The number of halogens is 2. The monoisotopic (exact) mass is 1300 g/mol. The summed E-state index contributed by atoms with van der Waals surface area (Å²) in [6, 6.07) is 23.5. The predicted molar refractivity (Wildman–Crippen MR) is 375 cm³/mol. The molecule has 3 radical (unpaired) electrons. The fourth-order valence-electron chi connectivity index (χ4n) is 10.0. The Morgan fingerprint density at radius 2 is 1.41 bits per heavy atom. The van der Waals surface area contributed by atoms with Gasteiger partial charge in [0.25, 0.3) is 22.9 Å². The van der Waals surface area contributed by atoms with Gasteiger partial charge in [0, 0.05) is 121 Å². The summed E-state index contributed by atoms with van der Waals surface area (Å²) in [5, 5.41) is 18.2. The molecule has 25 heteroatoms. The zero-order chi connectivity index (χ0) is 65.4. The summed E-state index contributed by atoms with van der Waals surface area (Å²) < 4.78 is 18.6. The van der Waals surface area contributed by atoms with E-state index in [9.17, 15) is 28.4 Å². The average molecular weight is 1300 g/mol. The van der Waals surface area contributed by atoms with Crippen LogP contribution in [-0.4, -0.2) is 184 Å². The maximum Gasteiger partial charge on any atom is 0.272 e. The van der Waals surface area contributed by atoms with Crippen LogP contribution in [0.2, 0.25) is 0 Å². The molecule has 3 saturated heterocycles. The molecule has 3 amide bonds. The highest BCUT2D eigenvalue weighted by Gasteiger charge is 2.29. The number of benzene rings is 3. The van der Waals surface area contributed by atoms with E-state index in [0.29, 0.717) is 83.7 Å². The number of aryl methyl sites for hydroxylation is 3. The molecule has 4 aromatic heterocycles. The molecule has 0 saturated carbocycles. The van der Waals surface area contributed by atoms with E-state index in [1.807, 2.05) is 76.8 Å². The van der Waals surface area contributed by atoms with Gasteiger partial charge in [0.1, 0.15) is 18.0 Å². The van der Waals surface area contributed by atoms with Gasteiger partial charge in [-0.25, -0.2) is 24.6 Å². The molecule has 3 aliphatic rings. The van der Waals surface area contributed by atoms with Crippen molar-refractivity contribution in [2.45, 2.75) is 81.1 Å². The number of amides is 3. The van der Waals surface area contributed by atoms with Crippen LogP contribution in [0.3, 0.4) is 0 Å². The topological polar surface area (TPSA) is 245 Å². The van der Waals surface area contributed by atoms with Crippen molar-refractivity contribution in [3.8, 4) is 11.1 Å². The fraction of sp³-hybridized carbons (Fsp3) is 0.409. The van der Waals surface area contributed by atoms with Crippen LogP contribution in [0.15, 0.2) is 107 Å². The highest BCUT2D eigenvalue weighted by Crippen LogP contribution is 2.24. The van der Waals surface area contributed by atoms with Crippen LogP contribution in [-0.2, 0) is 21.9 Å². The Morgan fingerprint density at radius 3 is 2.01 bits per heavy atom. The SMILES string of the molecule is C=c1c(C)n[nH]c(=O)/c1=C/C.CC.CC.CCc1cccc(-c2cnc(C)c(C(=O)Nc3ccncn3)c2)c1.CN.COCl.O=C(CN1CCN(CC2CCN(C=S)CC2)CC1)N1CCN(C(=O)c2cc(Cc3n[nH]c(=O)c4ccccc34)ccc2F)CC1.S.[B]. The second-order valence-corrected chi connectivity index (χ2v) is 20.8. The van der Waals surface area contributed by atoms with Crippen molar-refractivity contribution < 1.29 is 23.1 Å². The first kappa shape index (κ1) is 79.5. The number of rotatable bonds is 12. The van der Waals surface area contributed by atoms with Crippen LogP contribution in [0.1, 0.15) is 103 Å². The standard InChI is InChI=1S/C33H40FN7O3S.C19H18N4O.C8H10N2O.2C2H6.CH3ClO.CH5N.B.H2S/c34-29-6-5-25(20-30-26-3-1-2-4-27(26)32(43)36-35-30)19-28(29)33(44)41-17-15-40(16-18-41)31(42)22-38-13-11-37(12-14-38)21-24-7-9-39(23-45)10-8-24;1-3-14-5-4-6-15(9-14)16-10-17(13(2)21-11-16)19(24)23-18-7-8-20-12-22-18;1-4-7-5(2)6(3)9-10-8(7)11;2*1-2;1-3-2;1-2;;/h1-6,19,23-24H,7-18,20-22H2,(H,36,43);4-12H,3H2,1-2H3,(H,20,22,23,24);4H,2H2,1,3H3,(H,10,11);2*1-2H3;1H3;2H2,1H3;;1H2/b;;7-4+;;;;;;. The number of aromatic nitrogens is 7. The first-order chi connectivity index (χ1) is 43.1. The van der Waals surface area contributed by atoms with E-state index in [2.05, 4.69) is 103 Å². The van der Waals surface area contributed by atoms with Crippen LogP contribution in [0.25, 0.3) is 34.6 Å². The molecular weight excluding hydrogens is 1210 g/mol. The van der Waals surface area contributed by atoms with Crippen LogP contribution < -0.4 is 32.6 Å². The number of nitrogens with zero attached hydrogens (tertiary/aromatic N) is 10. The number of nitrogens with one attached hydrogen (secondary N) is 3. The van der Waals surface area contributed by atoms with Gasteiger partial charge in [-0.15, -0.1) is 0 Å². The van der Waals surface area contributed by atoms with Gasteiger partial charge in [0.2, 0.25) is 5.91 Å². The van der Waals surface area contributed by atoms with Crippen LogP contribution >= 0.6 is 37.6 Å². The maximum atomic E-state index is 14.9. The molecule has 10 rings (SSSR count). The summed E-state index contributed by atoms with van der Waals surface area (Å²) in [5.74, 6) is 0.0650. The highest BCUT2D eigenvalue weighted by molar-refractivity contribution is 7.78. The summed E-state index contributed by atoms with van der Waals surface area (Å²) in [6.45, 7) is 28.2. The quantitative estimate of drug-likeness (QED) is 0.0692. The Bertz CT molecular complexity index is 3610. The fourth-order valence-corrected chi connectivity index (χ4v) is 10.3. The Kier molecular flexibility index (Phi) is 37.1. The van der Waals surface area contributed by atoms with Crippen LogP contribution in [0, 0.1) is 25.6 Å². The number of carbonyl (C=O) groups is 3. The molecule has 7 aromatic rings.